The molecular weight excluding hydrogens is 336 g/mol. The molecule has 0 aliphatic heterocycles. The molecule has 134 valence electrons. The van der Waals surface area contributed by atoms with Crippen molar-refractivity contribution in [1.82, 2.24) is 14.1 Å². The summed E-state index contributed by atoms with van der Waals surface area (Å²) in [6.45, 7) is 3.56. The van der Waals surface area contributed by atoms with Crippen LogP contribution in [0.4, 0.5) is 0 Å². The molecule has 2 aromatic heterocycles. The normalized spacial score (nSPS) is 10.9. The molecule has 2 heterocycles. The molecule has 0 aliphatic carbocycles. The van der Waals surface area contributed by atoms with Gasteiger partial charge in [0.05, 0.1) is 30.2 Å². The molecule has 0 aliphatic rings. The van der Waals surface area contributed by atoms with Crippen molar-refractivity contribution in [3.8, 4) is 23.2 Å². The number of nitriles is 1. The lowest BCUT2D eigenvalue weighted by Crippen LogP contribution is -1.98. The fourth-order valence-corrected chi connectivity index (χ4v) is 3.53. The van der Waals surface area contributed by atoms with Gasteiger partial charge in [-0.3, -0.25) is 0 Å². The first kappa shape index (κ1) is 16.9. The lowest BCUT2D eigenvalue weighted by molar-refractivity contribution is 0.415. The predicted octanol–water partition coefficient (Wildman–Crippen LogP) is 4.45. The third-order valence-corrected chi connectivity index (χ3v) is 4.78. The van der Waals surface area contributed by atoms with Gasteiger partial charge in [0.1, 0.15) is 17.5 Å². The maximum atomic E-state index is 9.83. The molecule has 0 radical (unpaired) electrons. The Hall–Kier alpha value is -3.52. The summed E-state index contributed by atoms with van der Waals surface area (Å²) in [4.78, 5) is 4.60. The number of rotatable bonds is 5. The third kappa shape index (κ3) is 2.96. The quantitative estimate of drug-likeness (QED) is 0.531. The van der Waals surface area contributed by atoms with E-state index in [0.29, 0.717) is 5.56 Å². The van der Waals surface area contributed by atoms with Gasteiger partial charge < -0.3 is 13.9 Å². The van der Waals surface area contributed by atoms with E-state index in [-0.39, 0.29) is 0 Å². The molecule has 5 nitrogen and oxygen atoms in total. The first-order valence-corrected chi connectivity index (χ1v) is 8.91. The smallest absolute Gasteiger partial charge is 0.120 e. The van der Waals surface area contributed by atoms with Gasteiger partial charge in [-0.2, -0.15) is 5.26 Å². The summed E-state index contributed by atoms with van der Waals surface area (Å²) in [7, 11) is 1.65. The second kappa shape index (κ2) is 7.00. The maximum Gasteiger partial charge on any atom is 0.120 e. The van der Waals surface area contributed by atoms with Gasteiger partial charge in [0.2, 0.25) is 0 Å². The summed E-state index contributed by atoms with van der Waals surface area (Å²) in [5.41, 5.74) is 4.51. The number of ether oxygens (including phenoxy) is 1. The standard InChI is InChI=1S/C22H20N4O/c1-3-26-21-11-17(27-2)9-10-18(21)19(12-23)22(26)20-14-25(15-24-20)13-16-7-5-4-6-8-16/h4-11,14-15H,3,13H2,1-2H3. The van der Waals surface area contributed by atoms with E-state index in [1.165, 1.54) is 5.56 Å². The zero-order chi connectivity index (χ0) is 18.8. The van der Waals surface area contributed by atoms with Gasteiger partial charge in [-0.15, -0.1) is 0 Å². The fourth-order valence-electron chi connectivity index (χ4n) is 3.53. The molecule has 2 aromatic carbocycles. The van der Waals surface area contributed by atoms with Crippen LogP contribution in [0.15, 0.2) is 61.1 Å². The zero-order valence-electron chi connectivity index (χ0n) is 15.4. The predicted molar refractivity (Wildman–Crippen MR) is 106 cm³/mol. The molecule has 0 bridgehead atoms. The Morgan fingerprint density at radius 3 is 2.67 bits per heavy atom. The molecule has 0 spiro atoms. The van der Waals surface area contributed by atoms with Gasteiger partial charge in [0.15, 0.2) is 0 Å². The average molecular weight is 356 g/mol. The van der Waals surface area contributed by atoms with Crippen LogP contribution >= 0.6 is 0 Å². The van der Waals surface area contributed by atoms with E-state index < -0.39 is 0 Å². The van der Waals surface area contributed by atoms with Crippen molar-refractivity contribution in [2.45, 2.75) is 20.0 Å². The van der Waals surface area contributed by atoms with E-state index in [1.54, 1.807) is 7.11 Å². The van der Waals surface area contributed by atoms with Crippen molar-refractivity contribution in [2.24, 2.45) is 0 Å². The highest BCUT2D eigenvalue weighted by Crippen LogP contribution is 2.34. The van der Waals surface area contributed by atoms with Crippen LogP contribution in [0.25, 0.3) is 22.3 Å². The second-order valence-electron chi connectivity index (χ2n) is 6.38. The number of benzene rings is 2. The summed E-state index contributed by atoms with van der Waals surface area (Å²) >= 11 is 0. The van der Waals surface area contributed by atoms with Crippen LogP contribution in [0.3, 0.4) is 0 Å². The van der Waals surface area contributed by atoms with Gasteiger partial charge in [-0.05, 0) is 24.6 Å². The molecule has 0 saturated heterocycles. The molecule has 4 rings (SSSR count). The lowest BCUT2D eigenvalue weighted by Gasteiger charge is -2.07. The molecule has 27 heavy (non-hydrogen) atoms. The minimum absolute atomic E-state index is 0.652. The summed E-state index contributed by atoms with van der Waals surface area (Å²) < 4.78 is 9.54. The van der Waals surface area contributed by atoms with E-state index in [1.807, 2.05) is 53.5 Å². The number of aryl methyl sites for hydroxylation is 1. The van der Waals surface area contributed by atoms with Crippen molar-refractivity contribution >= 4 is 10.9 Å². The Bertz CT molecular complexity index is 1130. The number of nitrogens with zero attached hydrogens (tertiary/aromatic N) is 4. The Morgan fingerprint density at radius 2 is 1.96 bits per heavy atom. The van der Waals surface area contributed by atoms with Crippen LogP contribution in [0.1, 0.15) is 18.1 Å². The van der Waals surface area contributed by atoms with Gasteiger partial charge in [0.25, 0.3) is 0 Å². The summed E-state index contributed by atoms with van der Waals surface area (Å²) in [5, 5.41) is 10.7. The van der Waals surface area contributed by atoms with Crippen LogP contribution in [-0.4, -0.2) is 21.2 Å². The van der Waals surface area contributed by atoms with E-state index in [2.05, 4.69) is 34.7 Å². The van der Waals surface area contributed by atoms with Gasteiger partial charge in [0, 0.05) is 30.7 Å². The van der Waals surface area contributed by atoms with Crippen LogP contribution < -0.4 is 4.74 Å². The molecule has 4 aromatic rings. The molecule has 0 fully saturated rings. The number of methoxy groups -OCH3 is 1. The largest absolute Gasteiger partial charge is 0.497 e. The minimum atomic E-state index is 0.652. The van der Waals surface area contributed by atoms with Gasteiger partial charge in [-0.1, -0.05) is 30.3 Å². The zero-order valence-corrected chi connectivity index (χ0v) is 15.4. The highest BCUT2D eigenvalue weighted by molar-refractivity contribution is 5.94. The Labute approximate surface area is 158 Å². The monoisotopic (exact) mass is 356 g/mol. The van der Waals surface area contributed by atoms with Crippen molar-refractivity contribution in [3.05, 3.63) is 72.2 Å². The van der Waals surface area contributed by atoms with Crippen molar-refractivity contribution in [1.29, 1.82) is 5.26 Å². The first-order chi connectivity index (χ1) is 13.2. The van der Waals surface area contributed by atoms with Gasteiger partial charge >= 0.3 is 0 Å². The molecule has 0 saturated carbocycles. The third-order valence-electron chi connectivity index (χ3n) is 4.78. The Kier molecular flexibility index (Phi) is 4.39. The fraction of sp³-hybridized carbons (Fsp3) is 0.182. The first-order valence-electron chi connectivity index (χ1n) is 8.91. The van der Waals surface area contributed by atoms with Crippen LogP contribution in [-0.2, 0) is 13.1 Å². The van der Waals surface area contributed by atoms with Crippen LogP contribution in [0, 0.1) is 11.3 Å². The molecule has 0 amide bonds. The van der Waals surface area contributed by atoms with Crippen LogP contribution in [0.2, 0.25) is 0 Å². The van der Waals surface area contributed by atoms with E-state index in [9.17, 15) is 5.26 Å². The highest BCUT2D eigenvalue weighted by Gasteiger charge is 2.20. The molecule has 0 atom stereocenters. The summed E-state index contributed by atoms with van der Waals surface area (Å²) in [6.07, 6.45) is 3.83. The second-order valence-corrected chi connectivity index (χ2v) is 6.38. The SMILES string of the molecule is CCn1c(-c2cn(Cc3ccccc3)cn2)c(C#N)c2ccc(OC)cc21. The number of aromatic nitrogens is 3. The summed E-state index contributed by atoms with van der Waals surface area (Å²) in [5.74, 6) is 0.778. The molecular formula is C22H20N4O. The van der Waals surface area contributed by atoms with E-state index >= 15 is 0 Å². The Morgan fingerprint density at radius 1 is 1.15 bits per heavy atom. The Balaban J connectivity index is 1.83. The topological polar surface area (TPSA) is 55.8 Å². The minimum Gasteiger partial charge on any atom is -0.497 e. The highest BCUT2D eigenvalue weighted by atomic mass is 16.5. The van der Waals surface area contributed by atoms with Crippen molar-refractivity contribution in [3.63, 3.8) is 0 Å². The maximum absolute atomic E-state index is 9.83. The van der Waals surface area contributed by atoms with E-state index in [4.69, 9.17) is 4.74 Å². The number of hydrogen-bond acceptors (Lipinski definition) is 3. The average Bonchev–Trinajstić information content (AvgIpc) is 3.29. The van der Waals surface area contributed by atoms with Crippen molar-refractivity contribution < 1.29 is 4.74 Å². The number of fused-ring (bicyclic) bond motifs is 1. The lowest BCUT2D eigenvalue weighted by atomic mass is 10.1. The van der Waals surface area contributed by atoms with Crippen molar-refractivity contribution in [2.75, 3.05) is 7.11 Å². The molecule has 0 unspecified atom stereocenters. The van der Waals surface area contributed by atoms with Gasteiger partial charge in [-0.25, -0.2) is 4.98 Å². The van der Waals surface area contributed by atoms with E-state index in [0.717, 1.165) is 41.1 Å². The number of hydrogen-bond donors (Lipinski definition) is 0. The molecule has 0 N–H and O–H groups in total. The summed E-state index contributed by atoms with van der Waals surface area (Å²) in [6, 6.07) is 18.4. The van der Waals surface area contributed by atoms with Crippen LogP contribution in [0.5, 0.6) is 5.75 Å². The molecule has 5 heteroatoms. The number of imidazole rings is 1.